The zero-order valence-electron chi connectivity index (χ0n) is 11.8. The number of pyridine rings is 2. The first-order valence-corrected chi connectivity index (χ1v) is 7.26. The van der Waals surface area contributed by atoms with Crippen molar-refractivity contribution in [2.24, 2.45) is 0 Å². The van der Waals surface area contributed by atoms with E-state index in [9.17, 15) is 8.78 Å². The van der Waals surface area contributed by atoms with E-state index in [0.29, 0.717) is 11.1 Å². The van der Waals surface area contributed by atoms with Gasteiger partial charge >= 0.3 is 0 Å². The van der Waals surface area contributed by atoms with Gasteiger partial charge < -0.3 is 0 Å². The van der Waals surface area contributed by atoms with Crippen LogP contribution in [0.25, 0.3) is 22.3 Å². The van der Waals surface area contributed by atoms with Gasteiger partial charge in [0, 0.05) is 41.2 Å². The molecule has 0 bridgehead atoms. The Morgan fingerprint density at radius 1 is 0.773 bits per heavy atom. The van der Waals surface area contributed by atoms with E-state index in [1.54, 1.807) is 56.0 Å². The van der Waals surface area contributed by atoms with E-state index in [1.165, 1.54) is 0 Å². The molecule has 2 heterocycles. The van der Waals surface area contributed by atoms with Gasteiger partial charge in [-0.15, -0.1) is 9.24 Å². The van der Waals surface area contributed by atoms with Gasteiger partial charge in [0.15, 0.2) is 0 Å². The Morgan fingerprint density at radius 2 is 1.23 bits per heavy atom. The number of halogens is 2. The fourth-order valence-corrected chi connectivity index (χ4v) is 2.92. The molecule has 0 aliphatic heterocycles. The first-order chi connectivity index (χ1) is 10.6. The van der Waals surface area contributed by atoms with Crippen LogP contribution >= 0.6 is 9.24 Å². The maximum absolute atomic E-state index is 14.9. The summed E-state index contributed by atoms with van der Waals surface area (Å²) >= 11 is 0. The quantitative estimate of drug-likeness (QED) is 0.671. The Morgan fingerprint density at radius 3 is 1.73 bits per heavy atom. The molecule has 0 spiro atoms. The Hall–Kier alpha value is -2.19. The average Bonchev–Trinajstić information content (AvgIpc) is 2.55. The predicted octanol–water partition coefficient (Wildman–Crippen LogP) is 3.90. The highest BCUT2D eigenvalue weighted by atomic mass is 31.0. The molecule has 2 aromatic heterocycles. The summed E-state index contributed by atoms with van der Waals surface area (Å²) < 4.78 is 29.7. The van der Waals surface area contributed by atoms with Crippen LogP contribution in [0.5, 0.6) is 0 Å². The minimum Gasteiger partial charge on any atom is -0.265 e. The van der Waals surface area contributed by atoms with Gasteiger partial charge in [0.05, 0.1) is 0 Å². The largest absolute Gasteiger partial charge is 0.265 e. The van der Waals surface area contributed by atoms with Crippen molar-refractivity contribution in [1.82, 2.24) is 9.97 Å². The summed E-state index contributed by atoms with van der Waals surface area (Å²) in [6.45, 7) is 1.59. The molecule has 0 fully saturated rings. The third kappa shape index (κ3) is 2.40. The van der Waals surface area contributed by atoms with Crippen LogP contribution in [0, 0.1) is 18.6 Å². The molecule has 1 aromatic carbocycles. The van der Waals surface area contributed by atoms with Crippen molar-refractivity contribution in [2.45, 2.75) is 6.92 Å². The van der Waals surface area contributed by atoms with Gasteiger partial charge in [-0.25, -0.2) is 8.78 Å². The summed E-state index contributed by atoms with van der Waals surface area (Å²) in [6.07, 6.45) is 6.24. The second kappa shape index (κ2) is 5.90. The molecule has 0 saturated carbocycles. The van der Waals surface area contributed by atoms with E-state index in [-0.39, 0.29) is 22.0 Å². The predicted molar refractivity (Wildman–Crippen MR) is 86.9 cm³/mol. The summed E-state index contributed by atoms with van der Waals surface area (Å²) in [5.74, 6) is -0.869. The Balaban J connectivity index is 2.31. The maximum Gasteiger partial charge on any atom is 0.139 e. The molecule has 2 nitrogen and oxygen atoms in total. The van der Waals surface area contributed by atoms with Crippen molar-refractivity contribution in [1.29, 1.82) is 0 Å². The zero-order valence-corrected chi connectivity index (χ0v) is 13.0. The van der Waals surface area contributed by atoms with Crippen LogP contribution in [0.15, 0.2) is 49.1 Å². The standard InChI is InChI=1S/C17H13F2N2P/c1-10-13(11-2-6-20-7-3-11)16(19)17(22)14(15(10)18)12-4-8-21-9-5-12/h2-9H,22H2,1H3. The molecule has 0 aliphatic rings. The summed E-state index contributed by atoms with van der Waals surface area (Å²) in [7, 11) is 2.31. The normalized spacial score (nSPS) is 10.7. The van der Waals surface area contributed by atoms with Gasteiger partial charge in [0.1, 0.15) is 11.6 Å². The first-order valence-electron chi connectivity index (χ1n) is 6.69. The van der Waals surface area contributed by atoms with Crippen LogP contribution in [0.2, 0.25) is 0 Å². The van der Waals surface area contributed by atoms with E-state index in [4.69, 9.17) is 0 Å². The molecule has 110 valence electrons. The molecule has 0 amide bonds. The number of hydrogen-bond donors (Lipinski definition) is 0. The highest BCUT2D eigenvalue weighted by Gasteiger charge is 2.21. The number of aromatic nitrogens is 2. The average molecular weight is 314 g/mol. The van der Waals surface area contributed by atoms with Crippen molar-refractivity contribution >= 4 is 14.5 Å². The minimum atomic E-state index is -0.443. The molecule has 0 saturated heterocycles. The fraction of sp³-hybridized carbons (Fsp3) is 0.0588. The molecule has 3 rings (SSSR count). The van der Waals surface area contributed by atoms with Crippen molar-refractivity contribution in [2.75, 3.05) is 0 Å². The Bertz CT molecular complexity index is 722. The fourth-order valence-electron chi connectivity index (χ4n) is 2.49. The van der Waals surface area contributed by atoms with Crippen molar-refractivity contribution < 1.29 is 8.78 Å². The van der Waals surface area contributed by atoms with Crippen LogP contribution < -0.4 is 5.30 Å². The van der Waals surface area contributed by atoms with Gasteiger partial charge in [-0.1, -0.05) is 0 Å². The van der Waals surface area contributed by atoms with Crippen LogP contribution in [0.1, 0.15) is 5.56 Å². The van der Waals surface area contributed by atoms with E-state index >= 15 is 0 Å². The molecular weight excluding hydrogens is 301 g/mol. The molecule has 3 aromatic rings. The van der Waals surface area contributed by atoms with Crippen LogP contribution in [0.3, 0.4) is 0 Å². The van der Waals surface area contributed by atoms with Gasteiger partial charge in [-0.3, -0.25) is 9.97 Å². The summed E-state index contributed by atoms with van der Waals surface area (Å²) in [4.78, 5) is 7.82. The summed E-state index contributed by atoms with van der Waals surface area (Å²) in [6, 6.07) is 6.66. The topological polar surface area (TPSA) is 25.8 Å². The smallest absolute Gasteiger partial charge is 0.139 e. The zero-order chi connectivity index (χ0) is 15.7. The number of rotatable bonds is 2. The van der Waals surface area contributed by atoms with Crippen LogP contribution in [0.4, 0.5) is 8.78 Å². The van der Waals surface area contributed by atoms with Crippen LogP contribution in [-0.4, -0.2) is 9.97 Å². The lowest BCUT2D eigenvalue weighted by Crippen LogP contribution is -2.11. The van der Waals surface area contributed by atoms with Crippen molar-refractivity contribution in [3.63, 3.8) is 0 Å². The third-order valence-electron chi connectivity index (χ3n) is 3.59. The molecule has 1 unspecified atom stereocenters. The minimum absolute atomic E-state index is 0.209. The van der Waals surface area contributed by atoms with Crippen molar-refractivity contribution in [3.05, 3.63) is 66.3 Å². The van der Waals surface area contributed by atoms with Gasteiger partial charge in [-0.05, 0) is 47.9 Å². The first kappa shape index (κ1) is 14.7. The summed E-state index contributed by atoms with van der Waals surface area (Å²) in [5.41, 5.74) is 2.00. The second-order valence-corrected chi connectivity index (χ2v) is 5.47. The lowest BCUT2D eigenvalue weighted by Gasteiger charge is -2.16. The Kier molecular flexibility index (Phi) is 3.95. The second-order valence-electron chi connectivity index (χ2n) is 4.89. The molecule has 5 heteroatoms. The Labute approximate surface area is 129 Å². The molecular formula is C17H13F2N2P. The van der Waals surface area contributed by atoms with Gasteiger partial charge in [0.2, 0.25) is 0 Å². The number of hydrogen-bond acceptors (Lipinski definition) is 2. The van der Waals surface area contributed by atoms with Gasteiger partial charge in [-0.2, -0.15) is 0 Å². The number of nitrogens with zero attached hydrogens (tertiary/aromatic N) is 2. The lowest BCUT2D eigenvalue weighted by molar-refractivity contribution is 0.605. The molecule has 0 N–H and O–H groups in total. The van der Waals surface area contributed by atoms with Crippen LogP contribution in [-0.2, 0) is 0 Å². The molecule has 0 aliphatic carbocycles. The maximum atomic E-state index is 14.9. The SMILES string of the molecule is Cc1c(F)c(-c2ccncc2)c(P)c(F)c1-c1ccncc1. The third-order valence-corrected chi connectivity index (χ3v) is 4.13. The lowest BCUT2D eigenvalue weighted by atomic mass is 9.95. The molecule has 1 atom stereocenters. The van der Waals surface area contributed by atoms with Crippen molar-refractivity contribution in [3.8, 4) is 22.3 Å². The monoisotopic (exact) mass is 314 g/mol. The van der Waals surface area contributed by atoms with E-state index < -0.39 is 11.6 Å². The molecule has 22 heavy (non-hydrogen) atoms. The molecule has 0 radical (unpaired) electrons. The number of benzene rings is 1. The highest BCUT2D eigenvalue weighted by Crippen LogP contribution is 2.34. The highest BCUT2D eigenvalue weighted by molar-refractivity contribution is 7.28. The van der Waals surface area contributed by atoms with E-state index in [0.717, 1.165) is 0 Å². The van der Waals surface area contributed by atoms with E-state index in [1.807, 2.05) is 0 Å². The summed E-state index contributed by atoms with van der Waals surface area (Å²) in [5, 5.41) is 0.209. The van der Waals surface area contributed by atoms with E-state index in [2.05, 4.69) is 19.2 Å². The van der Waals surface area contributed by atoms with Gasteiger partial charge in [0.25, 0.3) is 0 Å².